The molecule has 0 aliphatic heterocycles. The molecule has 0 bridgehead atoms. The number of hydrogen-bond donors (Lipinski definition) is 3. The third-order valence-electron chi connectivity index (χ3n) is 4.72. The molecule has 8 heteroatoms. The fourth-order valence-corrected chi connectivity index (χ4v) is 3.12. The molecule has 1 amide bonds. The minimum absolute atomic E-state index is 0. The normalized spacial score (nSPS) is 10.9. The molecule has 2 rings (SSSR count). The van der Waals surface area contributed by atoms with Gasteiger partial charge < -0.3 is 25.4 Å². The number of benzene rings is 2. The van der Waals surface area contributed by atoms with Gasteiger partial charge in [0.1, 0.15) is 0 Å². The quantitative estimate of drug-likeness (QED) is 0.149. The van der Waals surface area contributed by atoms with Crippen molar-refractivity contribution in [3.8, 4) is 0 Å². The Morgan fingerprint density at radius 3 is 2.42 bits per heavy atom. The number of hydrogen-bond acceptors (Lipinski definition) is 4. The second-order valence-corrected chi connectivity index (χ2v) is 7.22. The fourth-order valence-electron chi connectivity index (χ4n) is 3.12. The van der Waals surface area contributed by atoms with Crippen molar-refractivity contribution >= 4 is 35.8 Å². The van der Waals surface area contributed by atoms with Gasteiger partial charge in [0.15, 0.2) is 5.96 Å². The Balaban J connectivity index is 0.00000544. The van der Waals surface area contributed by atoms with Gasteiger partial charge >= 0.3 is 0 Å². The molecular formula is C25H37IN4O3. The summed E-state index contributed by atoms with van der Waals surface area (Å²) < 4.78 is 10.9. The van der Waals surface area contributed by atoms with Crippen molar-refractivity contribution in [3.63, 3.8) is 0 Å². The first-order valence-electron chi connectivity index (χ1n) is 11.2. The number of rotatable bonds is 13. The van der Waals surface area contributed by atoms with Crippen molar-refractivity contribution in [1.82, 2.24) is 16.0 Å². The zero-order valence-corrected chi connectivity index (χ0v) is 22.2. The lowest BCUT2D eigenvalue weighted by atomic mass is 10.1. The van der Waals surface area contributed by atoms with Crippen LogP contribution in [0.3, 0.4) is 0 Å². The first-order valence-corrected chi connectivity index (χ1v) is 11.2. The number of carbonyl (C=O) groups excluding carboxylic acids is 1. The number of ether oxygens (including phenoxy) is 2. The summed E-state index contributed by atoms with van der Waals surface area (Å²) in [6.45, 7) is 8.59. The lowest BCUT2D eigenvalue weighted by Crippen LogP contribution is -2.38. The van der Waals surface area contributed by atoms with Crippen LogP contribution >= 0.6 is 24.0 Å². The van der Waals surface area contributed by atoms with Crippen molar-refractivity contribution in [1.29, 1.82) is 0 Å². The first-order chi connectivity index (χ1) is 15.7. The van der Waals surface area contributed by atoms with Crippen molar-refractivity contribution in [2.24, 2.45) is 4.99 Å². The van der Waals surface area contributed by atoms with Gasteiger partial charge in [0, 0.05) is 32.3 Å². The van der Waals surface area contributed by atoms with Crippen LogP contribution in [0.25, 0.3) is 0 Å². The number of aliphatic imine (C=N–C) groups is 1. The van der Waals surface area contributed by atoms with Gasteiger partial charge in [0.05, 0.1) is 26.4 Å². The Bertz CT molecular complexity index is 861. The van der Waals surface area contributed by atoms with Gasteiger partial charge in [-0.1, -0.05) is 36.4 Å². The van der Waals surface area contributed by atoms with Gasteiger partial charge in [0.25, 0.3) is 5.91 Å². The van der Waals surface area contributed by atoms with Crippen LogP contribution in [0.2, 0.25) is 0 Å². The van der Waals surface area contributed by atoms with Crippen LogP contribution in [0.4, 0.5) is 0 Å². The van der Waals surface area contributed by atoms with E-state index in [1.54, 1.807) is 7.05 Å². The van der Waals surface area contributed by atoms with E-state index in [2.05, 4.69) is 34.1 Å². The van der Waals surface area contributed by atoms with Crippen LogP contribution in [0, 0.1) is 0 Å². The highest BCUT2D eigenvalue weighted by Crippen LogP contribution is 2.08. The average molecular weight is 569 g/mol. The van der Waals surface area contributed by atoms with E-state index in [0.29, 0.717) is 38.5 Å². The summed E-state index contributed by atoms with van der Waals surface area (Å²) >= 11 is 0. The minimum Gasteiger partial charge on any atom is -0.379 e. The Hall–Kier alpha value is -2.17. The molecule has 0 saturated heterocycles. The number of carbonyl (C=O) groups is 1. The molecule has 0 heterocycles. The van der Waals surface area contributed by atoms with Crippen molar-refractivity contribution in [2.75, 3.05) is 40.0 Å². The molecule has 2 aromatic carbocycles. The number of guanidine groups is 1. The second kappa shape index (κ2) is 17.3. The summed E-state index contributed by atoms with van der Waals surface area (Å²) in [6.07, 6.45) is 0.795. The van der Waals surface area contributed by atoms with Crippen LogP contribution in [-0.4, -0.2) is 51.8 Å². The van der Waals surface area contributed by atoms with Gasteiger partial charge in [-0.05, 0) is 49.1 Å². The molecule has 0 fully saturated rings. The highest BCUT2D eigenvalue weighted by molar-refractivity contribution is 14.0. The molecule has 0 unspecified atom stereocenters. The highest BCUT2D eigenvalue weighted by Gasteiger charge is 2.04. The molecule has 0 aliphatic rings. The predicted octanol–water partition coefficient (Wildman–Crippen LogP) is 3.52. The molecule has 0 atom stereocenters. The van der Waals surface area contributed by atoms with Crippen molar-refractivity contribution in [2.45, 2.75) is 33.4 Å². The van der Waals surface area contributed by atoms with E-state index in [0.717, 1.165) is 42.2 Å². The monoisotopic (exact) mass is 568 g/mol. The zero-order chi connectivity index (χ0) is 23.0. The van der Waals surface area contributed by atoms with E-state index in [1.807, 2.05) is 44.2 Å². The van der Waals surface area contributed by atoms with Crippen molar-refractivity contribution < 1.29 is 14.3 Å². The van der Waals surface area contributed by atoms with E-state index in [-0.39, 0.29) is 29.9 Å². The smallest absolute Gasteiger partial charge is 0.251 e. The third kappa shape index (κ3) is 11.5. The predicted molar refractivity (Wildman–Crippen MR) is 144 cm³/mol. The Kier molecular flexibility index (Phi) is 15.2. The molecule has 3 N–H and O–H groups in total. The summed E-state index contributed by atoms with van der Waals surface area (Å²) in [6, 6.07) is 16.0. The van der Waals surface area contributed by atoms with E-state index >= 15 is 0 Å². The summed E-state index contributed by atoms with van der Waals surface area (Å²) in [5.41, 5.74) is 4.04. The van der Waals surface area contributed by atoms with Crippen LogP contribution in [0.1, 0.15) is 40.9 Å². The van der Waals surface area contributed by atoms with Gasteiger partial charge in [-0.15, -0.1) is 24.0 Å². The Morgan fingerprint density at radius 2 is 1.67 bits per heavy atom. The second-order valence-electron chi connectivity index (χ2n) is 7.22. The summed E-state index contributed by atoms with van der Waals surface area (Å²) in [5, 5.41) is 9.31. The largest absolute Gasteiger partial charge is 0.379 e. The van der Waals surface area contributed by atoms with Gasteiger partial charge in [0.2, 0.25) is 0 Å². The Labute approximate surface area is 214 Å². The number of nitrogens with one attached hydrogen (secondary N) is 3. The SMILES string of the molecule is CCNC(=NCc1cccc(COCCOCC)c1)NCCc1cccc(C(=O)NC)c1.I. The molecule has 2 aromatic rings. The molecule has 0 aliphatic carbocycles. The number of halogens is 1. The number of nitrogens with zero attached hydrogens (tertiary/aromatic N) is 1. The molecule has 0 aromatic heterocycles. The van der Waals surface area contributed by atoms with Crippen LogP contribution < -0.4 is 16.0 Å². The van der Waals surface area contributed by atoms with Gasteiger partial charge in [-0.2, -0.15) is 0 Å². The molecule has 0 spiro atoms. The third-order valence-corrected chi connectivity index (χ3v) is 4.72. The standard InChI is InChI=1S/C25H36N4O3.HI/c1-4-27-25(28-13-12-20-8-7-11-23(17-20)24(30)26-3)29-18-21-9-6-10-22(16-21)19-32-15-14-31-5-2;/h6-11,16-17H,4-5,12-15,18-19H2,1-3H3,(H,26,30)(H2,27,28,29);1H. The molecule has 0 radical (unpaired) electrons. The molecular weight excluding hydrogens is 531 g/mol. The first kappa shape index (κ1) is 28.9. The lowest BCUT2D eigenvalue weighted by molar-refractivity contribution is 0.0453. The topological polar surface area (TPSA) is 84.0 Å². The maximum absolute atomic E-state index is 11.8. The van der Waals surface area contributed by atoms with Crippen LogP contribution in [0.15, 0.2) is 53.5 Å². The lowest BCUT2D eigenvalue weighted by Gasteiger charge is -2.12. The van der Waals surface area contributed by atoms with Crippen LogP contribution in [0.5, 0.6) is 0 Å². The summed E-state index contributed by atoms with van der Waals surface area (Å²) in [5.74, 6) is 0.699. The van der Waals surface area contributed by atoms with E-state index in [4.69, 9.17) is 14.5 Å². The molecule has 0 saturated carbocycles. The molecule has 7 nitrogen and oxygen atoms in total. The maximum Gasteiger partial charge on any atom is 0.251 e. The Morgan fingerprint density at radius 1 is 0.939 bits per heavy atom. The zero-order valence-electron chi connectivity index (χ0n) is 19.9. The maximum atomic E-state index is 11.8. The van der Waals surface area contributed by atoms with E-state index < -0.39 is 0 Å². The molecule has 33 heavy (non-hydrogen) atoms. The average Bonchev–Trinajstić information content (AvgIpc) is 2.82. The van der Waals surface area contributed by atoms with Gasteiger partial charge in [-0.3, -0.25) is 4.79 Å². The van der Waals surface area contributed by atoms with Crippen LogP contribution in [-0.2, 0) is 29.0 Å². The minimum atomic E-state index is -0.0726. The van der Waals surface area contributed by atoms with Gasteiger partial charge in [-0.25, -0.2) is 4.99 Å². The van der Waals surface area contributed by atoms with E-state index in [9.17, 15) is 4.79 Å². The molecule has 182 valence electrons. The number of amides is 1. The summed E-state index contributed by atoms with van der Waals surface area (Å²) in [4.78, 5) is 16.5. The highest BCUT2D eigenvalue weighted by atomic mass is 127. The van der Waals surface area contributed by atoms with E-state index in [1.165, 1.54) is 0 Å². The van der Waals surface area contributed by atoms with Crippen molar-refractivity contribution in [3.05, 3.63) is 70.8 Å². The fraction of sp³-hybridized carbons (Fsp3) is 0.440. The summed E-state index contributed by atoms with van der Waals surface area (Å²) in [7, 11) is 1.64.